The fraction of sp³-hybridized carbons (Fsp3) is 0.533. The van der Waals surface area contributed by atoms with Crippen molar-refractivity contribution < 1.29 is 4.79 Å². The number of hydrogen-bond donors (Lipinski definition) is 3. The first kappa shape index (κ1) is 12.6. The highest BCUT2D eigenvalue weighted by Crippen LogP contribution is 2.48. The Labute approximate surface area is 113 Å². The molecule has 102 valence electrons. The van der Waals surface area contributed by atoms with Crippen molar-refractivity contribution in [3.63, 3.8) is 0 Å². The molecule has 1 saturated heterocycles. The van der Waals surface area contributed by atoms with Crippen molar-refractivity contribution in [1.29, 1.82) is 0 Å². The van der Waals surface area contributed by atoms with Crippen LogP contribution in [0, 0.1) is 0 Å². The maximum atomic E-state index is 12.5. The zero-order valence-electron chi connectivity index (χ0n) is 11.3. The fourth-order valence-electron chi connectivity index (χ4n) is 2.81. The Morgan fingerprint density at radius 1 is 1.32 bits per heavy atom. The van der Waals surface area contributed by atoms with Crippen LogP contribution in [0.25, 0.3) is 0 Å². The molecule has 4 nitrogen and oxygen atoms in total. The van der Waals surface area contributed by atoms with Crippen molar-refractivity contribution in [3.05, 3.63) is 35.9 Å². The summed E-state index contributed by atoms with van der Waals surface area (Å²) in [6.45, 7) is 2.15. The maximum Gasteiger partial charge on any atom is 0.231 e. The van der Waals surface area contributed by atoms with Gasteiger partial charge >= 0.3 is 0 Å². The predicted octanol–water partition coefficient (Wildman–Crippen LogP) is 1.44. The van der Waals surface area contributed by atoms with Gasteiger partial charge in [-0.05, 0) is 31.2 Å². The summed E-state index contributed by atoms with van der Waals surface area (Å²) in [4.78, 5) is 12.5. The van der Waals surface area contributed by atoms with E-state index in [-0.39, 0.29) is 17.5 Å². The van der Waals surface area contributed by atoms with Gasteiger partial charge in [-0.3, -0.25) is 10.2 Å². The average molecular weight is 259 g/mol. The van der Waals surface area contributed by atoms with E-state index in [1.54, 1.807) is 0 Å². The first-order chi connectivity index (χ1) is 9.24. The highest BCUT2D eigenvalue weighted by atomic mass is 16.2. The number of hydrogen-bond acceptors (Lipinski definition) is 3. The zero-order valence-corrected chi connectivity index (χ0v) is 11.3. The predicted molar refractivity (Wildman–Crippen MR) is 74.3 cm³/mol. The normalized spacial score (nSPS) is 28.1. The molecule has 0 bridgehead atoms. The molecular formula is C15H21N3O. The van der Waals surface area contributed by atoms with E-state index in [2.05, 4.69) is 35.2 Å². The number of carbonyl (C=O) groups excluding carboxylic acids is 1. The summed E-state index contributed by atoms with van der Waals surface area (Å²) in [5.74, 6) is 0.162. The van der Waals surface area contributed by atoms with E-state index in [1.165, 1.54) is 0 Å². The van der Waals surface area contributed by atoms with Gasteiger partial charge in [0.05, 0.1) is 11.6 Å². The molecule has 1 amide bonds. The van der Waals surface area contributed by atoms with Crippen molar-refractivity contribution in [2.24, 2.45) is 0 Å². The van der Waals surface area contributed by atoms with Crippen LogP contribution in [0.1, 0.15) is 38.2 Å². The smallest absolute Gasteiger partial charge is 0.231 e. The minimum absolute atomic E-state index is 0.0543. The monoisotopic (exact) mass is 259 g/mol. The average Bonchev–Trinajstić information content (AvgIpc) is 3.15. The Balaban J connectivity index is 1.65. The molecule has 2 atom stereocenters. The van der Waals surface area contributed by atoms with E-state index < -0.39 is 0 Å². The molecule has 19 heavy (non-hydrogen) atoms. The van der Waals surface area contributed by atoms with E-state index in [1.807, 2.05) is 18.2 Å². The van der Waals surface area contributed by atoms with E-state index in [9.17, 15) is 4.79 Å². The summed E-state index contributed by atoms with van der Waals surface area (Å²) >= 11 is 0. The third-order valence-electron chi connectivity index (χ3n) is 4.29. The zero-order chi connectivity index (χ0) is 13.3. The van der Waals surface area contributed by atoms with Gasteiger partial charge in [-0.25, -0.2) is 5.43 Å². The number of hydrazine groups is 1. The van der Waals surface area contributed by atoms with Gasteiger partial charge in [-0.2, -0.15) is 0 Å². The summed E-state index contributed by atoms with van der Waals surface area (Å²) in [5, 5.41) is 3.13. The highest BCUT2D eigenvalue weighted by molar-refractivity contribution is 5.91. The summed E-state index contributed by atoms with van der Waals surface area (Å²) in [6, 6.07) is 10.6. The second-order valence-corrected chi connectivity index (χ2v) is 5.60. The Kier molecular flexibility index (Phi) is 3.29. The third kappa shape index (κ3) is 2.38. The SMILES string of the molecule is CCC1CC(NC(=O)C2(c3ccccc3)CC2)NN1. The summed E-state index contributed by atoms with van der Waals surface area (Å²) < 4.78 is 0. The van der Waals surface area contributed by atoms with Crippen LogP contribution in [-0.2, 0) is 10.2 Å². The lowest BCUT2D eigenvalue weighted by atomic mass is 9.95. The number of carbonyl (C=O) groups is 1. The van der Waals surface area contributed by atoms with Crippen LogP contribution < -0.4 is 16.2 Å². The highest BCUT2D eigenvalue weighted by Gasteiger charge is 2.51. The van der Waals surface area contributed by atoms with Gasteiger partial charge in [0.1, 0.15) is 0 Å². The minimum atomic E-state index is -0.271. The Hall–Kier alpha value is -1.39. The van der Waals surface area contributed by atoms with Crippen LogP contribution in [0.5, 0.6) is 0 Å². The first-order valence-corrected chi connectivity index (χ1v) is 7.12. The Bertz CT molecular complexity index is 456. The number of benzene rings is 1. The van der Waals surface area contributed by atoms with Crippen LogP contribution in [0.2, 0.25) is 0 Å². The van der Waals surface area contributed by atoms with Crippen molar-refractivity contribution in [3.8, 4) is 0 Å². The lowest BCUT2D eigenvalue weighted by molar-refractivity contribution is -0.124. The lowest BCUT2D eigenvalue weighted by Crippen LogP contribution is -2.48. The molecule has 3 N–H and O–H groups in total. The van der Waals surface area contributed by atoms with Gasteiger partial charge in [0.25, 0.3) is 0 Å². The summed E-state index contributed by atoms with van der Waals surface area (Å²) in [7, 11) is 0. The van der Waals surface area contributed by atoms with Crippen molar-refractivity contribution in [1.82, 2.24) is 16.2 Å². The molecule has 1 aromatic rings. The molecule has 0 aromatic heterocycles. The van der Waals surface area contributed by atoms with Gasteiger partial charge in [0.2, 0.25) is 5.91 Å². The minimum Gasteiger partial charge on any atom is -0.339 e. The molecule has 2 fully saturated rings. The van der Waals surface area contributed by atoms with Crippen molar-refractivity contribution >= 4 is 5.91 Å². The lowest BCUT2D eigenvalue weighted by Gasteiger charge is -2.19. The van der Waals surface area contributed by atoms with Gasteiger partial charge in [0.15, 0.2) is 0 Å². The molecule has 1 aliphatic carbocycles. The van der Waals surface area contributed by atoms with Gasteiger partial charge in [-0.15, -0.1) is 0 Å². The van der Waals surface area contributed by atoms with Crippen LogP contribution in [0.3, 0.4) is 0 Å². The topological polar surface area (TPSA) is 53.2 Å². The molecule has 1 heterocycles. The van der Waals surface area contributed by atoms with Gasteiger partial charge in [-0.1, -0.05) is 37.3 Å². The van der Waals surface area contributed by atoms with Crippen LogP contribution in [-0.4, -0.2) is 18.1 Å². The van der Waals surface area contributed by atoms with E-state index >= 15 is 0 Å². The molecule has 0 spiro atoms. The fourth-order valence-corrected chi connectivity index (χ4v) is 2.81. The van der Waals surface area contributed by atoms with Crippen molar-refractivity contribution in [2.45, 2.75) is 50.2 Å². The molecule has 1 saturated carbocycles. The van der Waals surface area contributed by atoms with E-state index in [0.29, 0.717) is 6.04 Å². The molecule has 0 radical (unpaired) electrons. The summed E-state index contributed by atoms with van der Waals surface area (Å²) in [5.41, 5.74) is 7.24. The second kappa shape index (κ2) is 4.94. The van der Waals surface area contributed by atoms with Crippen LogP contribution in [0.4, 0.5) is 0 Å². The molecule has 1 aromatic carbocycles. The van der Waals surface area contributed by atoms with Crippen molar-refractivity contribution in [2.75, 3.05) is 0 Å². The molecule has 1 aliphatic heterocycles. The number of nitrogens with one attached hydrogen (secondary N) is 3. The quantitative estimate of drug-likeness (QED) is 0.767. The first-order valence-electron chi connectivity index (χ1n) is 7.12. The molecule has 4 heteroatoms. The number of rotatable bonds is 4. The Morgan fingerprint density at radius 3 is 2.63 bits per heavy atom. The van der Waals surface area contributed by atoms with E-state index in [4.69, 9.17) is 0 Å². The van der Waals surface area contributed by atoms with Gasteiger partial charge < -0.3 is 5.32 Å². The largest absolute Gasteiger partial charge is 0.339 e. The molecular weight excluding hydrogens is 238 g/mol. The van der Waals surface area contributed by atoms with E-state index in [0.717, 1.165) is 31.2 Å². The maximum absolute atomic E-state index is 12.5. The second-order valence-electron chi connectivity index (χ2n) is 5.60. The van der Waals surface area contributed by atoms with Crippen LogP contribution in [0.15, 0.2) is 30.3 Å². The molecule has 2 aliphatic rings. The molecule has 2 unspecified atom stereocenters. The Morgan fingerprint density at radius 2 is 2.05 bits per heavy atom. The standard InChI is InChI=1S/C15H21N3O/c1-2-12-10-13(18-17-12)16-14(19)15(8-9-15)11-6-4-3-5-7-11/h3-7,12-13,17-18H,2,8-10H2,1H3,(H,16,19). The van der Waals surface area contributed by atoms with Gasteiger partial charge in [0, 0.05) is 6.04 Å². The summed E-state index contributed by atoms with van der Waals surface area (Å²) in [6.07, 6.45) is 4.00. The number of amides is 1. The third-order valence-corrected chi connectivity index (χ3v) is 4.29. The van der Waals surface area contributed by atoms with Crippen LogP contribution >= 0.6 is 0 Å². The molecule has 3 rings (SSSR count).